The molecule has 2 aromatic heterocycles. The zero-order chi connectivity index (χ0) is 17.8. The Morgan fingerprint density at radius 3 is 2.92 bits per heavy atom. The van der Waals surface area contributed by atoms with Gasteiger partial charge in [-0.3, -0.25) is 4.79 Å². The van der Waals surface area contributed by atoms with Crippen molar-refractivity contribution in [3.05, 3.63) is 52.8 Å². The fourth-order valence-electron chi connectivity index (χ4n) is 2.59. The van der Waals surface area contributed by atoms with Crippen molar-refractivity contribution in [2.75, 3.05) is 6.54 Å². The zero-order valence-corrected chi connectivity index (χ0v) is 14.7. The molecule has 3 rings (SSSR count). The van der Waals surface area contributed by atoms with Crippen LogP contribution in [-0.4, -0.2) is 32.4 Å². The molecule has 0 unspecified atom stereocenters. The van der Waals surface area contributed by atoms with Crippen LogP contribution < -0.4 is 5.32 Å². The van der Waals surface area contributed by atoms with Crippen LogP contribution >= 0.6 is 11.6 Å². The van der Waals surface area contributed by atoms with Crippen LogP contribution in [0.25, 0.3) is 11.3 Å². The van der Waals surface area contributed by atoms with Crippen LogP contribution in [-0.2, 0) is 13.0 Å². The van der Waals surface area contributed by atoms with E-state index in [0.717, 1.165) is 12.4 Å². The zero-order valence-electron chi connectivity index (χ0n) is 14.0. The lowest BCUT2D eigenvalue weighted by atomic mass is 10.1. The average Bonchev–Trinajstić information content (AvgIpc) is 3.21. The number of aromatic nitrogens is 4. The van der Waals surface area contributed by atoms with Crippen molar-refractivity contribution < 1.29 is 9.32 Å². The molecule has 3 aromatic rings. The van der Waals surface area contributed by atoms with Gasteiger partial charge >= 0.3 is 0 Å². The highest BCUT2D eigenvalue weighted by Gasteiger charge is 2.22. The number of amides is 1. The Hall–Kier alpha value is -2.67. The lowest BCUT2D eigenvalue weighted by molar-refractivity contribution is 0.0953. The highest BCUT2D eigenvalue weighted by molar-refractivity contribution is 6.33. The molecule has 1 N–H and O–H groups in total. The largest absolute Gasteiger partial charge is 0.360 e. The molecular formula is C17H18ClN5O2. The predicted molar refractivity (Wildman–Crippen MR) is 93.4 cm³/mol. The second-order valence-corrected chi connectivity index (χ2v) is 5.89. The van der Waals surface area contributed by atoms with Gasteiger partial charge in [-0.15, -0.1) is 10.2 Å². The molecule has 7 nitrogen and oxygen atoms in total. The van der Waals surface area contributed by atoms with E-state index in [1.54, 1.807) is 25.4 Å². The van der Waals surface area contributed by atoms with E-state index < -0.39 is 0 Å². The summed E-state index contributed by atoms with van der Waals surface area (Å²) in [6.07, 6.45) is 2.27. The lowest BCUT2D eigenvalue weighted by Gasteiger charge is -2.07. The Morgan fingerprint density at radius 2 is 2.16 bits per heavy atom. The van der Waals surface area contributed by atoms with E-state index >= 15 is 0 Å². The Bertz CT molecular complexity index is 887. The average molecular weight is 360 g/mol. The number of hydrogen-bond acceptors (Lipinski definition) is 5. The molecule has 0 bridgehead atoms. The quantitative estimate of drug-likeness (QED) is 0.731. The normalized spacial score (nSPS) is 10.8. The number of halogens is 1. The number of hydrogen-bond donors (Lipinski definition) is 1. The molecule has 0 atom stereocenters. The molecule has 1 aromatic carbocycles. The van der Waals surface area contributed by atoms with Crippen molar-refractivity contribution in [2.45, 2.75) is 26.8 Å². The predicted octanol–water partition coefficient (Wildman–Crippen LogP) is 2.89. The van der Waals surface area contributed by atoms with Gasteiger partial charge < -0.3 is 14.4 Å². The van der Waals surface area contributed by atoms with Crippen molar-refractivity contribution in [3.8, 4) is 11.3 Å². The molecule has 25 heavy (non-hydrogen) atoms. The summed E-state index contributed by atoms with van der Waals surface area (Å²) in [4.78, 5) is 12.6. The van der Waals surface area contributed by atoms with Gasteiger partial charge in [0, 0.05) is 25.1 Å². The minimum absolute atomic E-state index is 0.253. The molecule has 0 spiro atoms. The summed E-state index contributed by atoms with van der Waals surface area (Å²) in [5, 5.41) is 15.3. The summed E-state index contributed by atoms with van der Waals surface area (Å²) in [6.45, 7) is 4.94. The maximum absolute atomic E-state index is 12.6. The second kappa shape index (κ2) is 7.48. The highest BCUT2D eigenvalue weighted by Crippen LogP contribution is 2.30. The summed E-state index contributed by atoms with van der Waals surface area (Å²) in [5.74, 6) is 1.02. The minimum atomic E-state index is -0.253. The van der Waals surface area contributed by atoms with Gasteiger partial charge in [0.15, 0.2) is 0 Å². The molecule has 0 aliphatic heterocycles. The molecule has 1 amide bonds. The molecule has 8 heteroatoms. The SMILES string of the molecule is CCn1cnnc1CCNC(=O)c1c(-c2ccccc2Cl)noc1C. The van der Waals surface area contributed by atoms with Gasteiger partial charge in [0.1, 0.15) is 29.2 Å². The van der Waals surface area contributed by atoms with Gasteiger partial charge in [0.05, 0.1) is 5.02 Å². The summed E-state index contributed by atoms with van der Waals surface area (Å²) in [5.41, 5.74) is 1.50. The third-order valence-electron chi connectivity index (χ3n) is 3.89. The fourth-order valence-corrected chi connectivity index (χ4v) is 2.81. The van der Waals surface area contributed by atoms with Crippen LogP contribution in [0.5, 0.6) is 0 Å². The number of carbonyl (C=O) groups excluding carboxylic acids is 1. The summed E-state index contributed by atoms with van der Waals surface area (Å²) in [6, 6.07) is 7.22. The van der Waals surface area contributed by atoms with Crippen LogP contribution in [0.3, 0.4) is 0 Å². The summed E-state index contributed by atoms with van der Waals surface area (Å²) < 4.78 is 7.16. The van der Waals surface area contributed by atoms with E-state index in [4.69, 9.17) is 16.1 Å². The van der Waals surface area contributed by atoms with E-state index in [-0.39, 0.29) is 5.91 Å². The van der Waals surface area contributed by atoms with Crippen LogP contribution in [0, 0.1) is 6.92 Å². The molecular weight excluding hydrogens is 342 g/mol. The van der Waals surface area contributed by atoms with Gasteiger partial charge in [-0.2, -0.15) is 0 Å². The van der Waals surface area contributed by atoms with Crippen LogP contribution in [0.15, 0.2) is 35.1 Å². The maximum atomic E-state index is 12.6. The van der Waals surface area contributed by atoms with E-state index in [9.17, 15) is 4.79 Å². The third kappa shape index (κ3) is 3.56. The van der Waals surface area contributed by atoms with Crippen LogP contribution in [0.2, 0.25) is 5.02 Å². The van der Waals surface area contributed by atoms with E-state index in [1.807, 2.05) is 23.6 Å². The van der Waals surface area contributed by atoms with E-state index in [2.05, 4.69) is 20.7 Å². The first-order chi connectivity index (χ1) is 12.1. The highest BCUT2D eigenvalue weighted by atomic mass is 35.5. The van der Waals surface area contributed by atoms with Crippen molar-refractivity contribution in [1.82, 2.24) is 25.2 Å². The van der Waals surface area contributed by atoms with Gasteiger partial charge in [0.25, 0.3) is 5.91 Å². The van der Waals surface area contributed by atoms with Crippen LogP contribution in [0.1, 0.15) is 28.9 Å². The van der Waals surface area contributed by atoms with Crippen molar-refractivity contribution >= 4 is 17.5 Å². The lowest BCUT2D eigenvalue weighted by Crippen LogP contribution is -2.27. The number of nitrogens with one attached hydrogen (secondary N) is 1. The fraction of sp³-hybridized carbons (Fsp3) is 0.294. The number of aryl methyl sites for hydroxylation is 2. The standard InChI is InChI=1S/C17H18ClN5O2/c1-3-23-10-20-21-14(23)8-9-19-17(24)15-11(2)25-22-16(15)12-6-4-5-7-13(12)18/h4-7,10H,3,8-9H2,1-2H3,(H,19,24). The number of rotatable bonds is 6. The molecule has 2 heterocycles. The molecule has 0 saturated carbocycles. The van der Waals surface area contributed by atoms with E-state index in [0.29, 0.717) is 40.6 Å². The van der Waals surface area contributed by atoms with Gasteiger partial charge in [-0.25, -0.2) is 0 Å². The van der Waals surface area contributed by atoms with Crippen molar-refractivity contribution in [2.24, 2.45) is 0 Å². The second-order valence-electron chi connectivity index (χ2n) is 5.48. The topological polar surface area (TPSA) is 85.8 Å². The smallest absolute Gasteiger partial charge is 0.257 e. The van der Waals surface area contributed by atoms with Crippen molar-refractivity contribution in [3.63, 3.8) is 0 Å². The Labute approximate surface area is 150 Å². The first-order valence-electron chi connectivity index (χ1n) is 7.97. The van der Waals surface area contributed by atoms with Crippen LogP contribution in [0.4, 0.5) is 0 Å². The number of benzene rings is 1. The molecule has 0 aliphatic rings. The third-order valence-corrected chi connectivity index (χ3v) is 4.22. The first-order valence-corrected chi connectivity index (χ1v) is 8.35. The van der Waals surface area contributed by atoms with Gasteiger partial charge in [0.2, 0.25) is 0 Å². The Balaban J connectivity index is 1.75. The van der Waals surface area contributed by atoms with Gasteiger partial charge in [-0.1, -0.05) is 35.0 Å². The van der Waals surface area contributed by atoms with Gasteiger partial charge in [-0.05, 0) is 19.9 Å². The summed E-state index contributed by atoms with van der Waals surface area (Å²) in [7, 11) is 0. The first kappa shape index (κ1) is 17.2. The van der Waals surface area contributed by atoms with Crippen molar-refractivity contribution in [1.29, 1.82) is 0 Å². The number of carbonyl (C=O) groups is 1. The monoisotopic (exact) mass is 359 g/mol. The van der Waals surface area contributed by atoms with E-state index in [1.165, 1.54) is 0 Å². The molecule has 0 fully saturated rings. The minimum Gasteiger partial charge on any atom is -0.360 e. The molecule has 130 valence electrons. The molecule has 0 radical (unpaired) electrons. The maximum Gasteiger partial charge on any atom is 0.257 e. The Morgan fingerprint density at radius 1 is 1.36 bits per heavy atom. The molecule has 0 saturated heterocycles. The summed E-state index contributed by atoms with van der Waals surface area (Å²) >= 11 is 6.22. The number of nitrogens with zero attached hydrogens (tertiary/aromatic N) is 4. The molecule has 0 aliphatic carbocycles. The Kier molecular flexibility index (Phi) is 5.14.